The molecule has 1 aliphatic carbocycles. The van der Waals surface area contributed by atoms with Crippen molar-refractivity contribution in [2.45, 2.75) is 39.2 Å². The standard InChI is InChI=1S/C24H31N3O/c1-18-7-5-12-23(19(18)2)27-15-13-26(14-16-27)17-24(28)25-22-11-6-9-20-8-3-4-10-21(20)22/h3-5,7-8,10,12,22H,6,9,11,13-17H2,1-2H3,(H,25,28)/t22-/m0/s1. The quantitative estimate of drug-likeness (QED) is 0.884. The molecule has 1 N–H and O–H groups in total. The Morgan fingerprint density at radius 3 is 2.64 bits per heavy atom. The number of hydrogen-bond acceptors (Lipinski definition) is 3. The Morgan fingerprint density at radius 1 is 1.04 bits per heavy atom. The van der Waals surface area contributed by atoms with Gasteiger partial charge in [-0.3, -0.25) is 9.69 Å². The number of nitrogens with one attached hydrogen (secondary N) is 1. The molecule has 1 aliphatic heterocycles. The lowest BCUT2D eigenvalue weighted by molar-refractivity contribution is -0.123. The van der Waals surface area contributed by atoms with E-state index in [1.807, 2.05) is 0 Å². The molecule has 0 spiro atoms. The van der Waals surface area contributed by atoms with Gasteiger partial charge in [0.15, 0.2) is 0 Å². The van der Waals surface area contributed by atoms with Crippen molar-refractivity contribution >= 4 is 11.6 Å². The minimum atomic E-state index is 0.155. The minimum absolute atomic E-state index is 0.155. The van der Waals surface area contributed by atoms with Crippen molar-refractivity contribution in [1.29, 1.82) is 0 Å². The highest BCUT2D eigenvalue weighted by Crippen LogP contribution is 2.29. The number of fused-ring (bicyclic) bond motifs is 1. The van der Waals surface area contributed by atoms with Gasteiger partial charge in [-0.15, -0.1) is 0 Å². The third-order valence-electron chi connectivity index (χ3n) is 6.36. The van der Waals surface area contributed by atoms with Crippen molar-refractivity contribution in [1.82, 2.24) is 10.2 Å². The molecule has 4 heteroatoms. The largest absolute Gasteiger partial charge is 0.369 e. The van der Waals surface area contributed by atoms with Crippen molar-refractivity contribution in [2.24, 2.45) is 0 Å². The first-order valence-corrected chi connectivity index (χ1v) is 10.5. The zero-order chi connectivity index (χ0) is 19.5. The number of amides is 1. The summed E-state index contributed by atoms with van der Waals surface area (Å²) in [6.07, 6.45) is 3.32. The molecule has 0 unspecified atom stereocenters. The monoisotopic (exact) mass is 377 g/mol. The van der Waals surface area contributed by atoms with E-state index in [2.05, 4.69) is 71.4 Å². The second kappa shape index (κ2) is 8.36. The molecule has 1 fully saturated rings. The van der Waals surface area contributed by atoms with Gasteiger partial charge < -0.3 is 10.2 Å². The van der Waals surface area contributed by atoms with Crippen molar-refractivity contribution in [3.8, 4) is 0 Å². The summed E-state index contributed by atoms with van der Waals surface area (Å²) in [6.45, 7) is 8.69. The van der Waals surface area contributed by atoms with E-state index in [0.717, 1.165) is 45.4 Å². The fourth-order valence-corrected chi connectivity index (χ4v) is 4.57. The molecule has 2 aliphatic rings. The fourth-order valence-electron chi connectivity index (χ4n) is 4.57. The average Bonchev–Trinajstić information content (AvgIpc) is 2.71. The lowest BCUT2D eigenvalue weighted by Crippen LogP contribution is -2.50. The average molecular weight is 378 g/mol. The Labute approximate surface area is 168 Å². The van der Waals surface area contributed by atoms with Gasteiger partial charge in [0.2, 0.25) is 5.91 Å². The van der Waals surface area contributed by atoms with Crippen LogP contribution in [0.25, 0.3) is 0 Å². The number of carbonyl (C=O) groups is 1. The minimum Gasteiger partial charge on any atom is -0.369 e. The van der Waals surface area contributed by atoms with Crippen LogP contribution in [0.15, 0.2) is 42.5 Å². The van der Waals surface area contributed by atoms with E-state index in [4.69, 9.17) is 0 Å². The summed E-state index contributed by atoms with van der Waals surface area (Å²) in [6, 6.07) is 15.2. The first-order valence-electron chi connectivity index (χ1n) is 10.5. The Morgan fingerprint density at radius 2 is 1.82 bits per heavy atom. The van der Waals surface area contributed by atoms with Crippen LogP contribution in [-0.4, -0.2) is 43.5 Å². The summed E-state index contributed by atoms with van der Waals surface area (Å²) in [5, 5.41) is 3.29. The Kier molecular flexibility index (Phi) is 5.67. The summed E-state index contributed by atoms with van der Waals surface area (Å²) < 4.78 is 0. The summed E-state index contributed by atoms with van der Waals surface area (Å²) >= 11 is 0. The number of carbonyl (C=O) groups excluding carboxylic acids is 1. The van der Waals surface area contributed by atoms with Gasteiger partial charge in [-0.25, -0.2) is 0 Å². The van der Waals surface area contributed by atoms with Crippen LogP contribution in [0.3, 0.4) is 0 Å². The number of piperazine rings is 1. The molecular weight excluding hydrogens is 346 g/mol. The van der Waals surface area contributed by atoms with Gasteiger partial charge in [0.05, 0.1) is 12.6 Å². The first kappa shape index (κ1) is 19.0. The summed E-state index contributed by atoms with van der Waals surface area (Å²) in [4.78, 5) is 17.4. The van der Waals surface area contributed by atoms with Crippen molar-refractivity contribution in [2.75, 3.05) is 37.6 Å². The molecule has 28 heavy (non-hydrogen) atoms. The van der Waals surface area contributed by atoms with Gasteiger partial charge >= 0.3 is 0 Å². The molecule has 0 aromatic heterocycles. The Hall–Kier alpha value is -2.33. The predicted molar refractivity (Wildman–Crippen MR) is 115 cm³/mol. The summed E-state index contributed by atoms with van der Waals surface area (Å²) in [7, 11) is 0. The number of anilines is 1. The van der Waals surface area contributed by atoms with Crippen LogP contribution >= 0.6 is 0 Å². The highest BCUT2D eigenvalue weighted by atomic mass is 16.2. The molecule has 2 aromatic carbocycles. The second-order valence-electron chi connectivity index (χ2n) is 8.19. The smallest absolute Gasteiger partial charge is 0.234 e. The van der Waals surface area contributed by atoms with E-state index in [0.29, 0.717) is 6.54 Å². The van der Waals surface area contributed by atoms with Gasteiger partial charge in [-0.2, -0.15) is 0 Å². The van der Waals surface area contributed by atoms with Crippen LogP contribution in [0.4, 0.5) is 5.69 Å². The fraction of sp³-hybridized carbons (Fsp3) is 0.458. The maximum atomic E-state index is 12.7. The Bertz CT molecular complexity index is 839. The normalized spacial score (nSPS) is 19.9. The zero-order valence-corrected chi connectivity index (χ0v) is 17.1. The van der Waals surface area contributed by atoms with Crippen LogP contribution in [0.1, 0.15) is 41.1 Å². The third-order valence-corrected chi connectivity index (χ3v) is 6.36. The molecule has 1 saturated heterocycles. The molecule has 0 saturated carbocycles. The SMILES string of the molecule is Cc1cccc(N2CCN(CC(=O)N[C@H]3CCCc4ccccc43)CC2)c1C. The van der Waals surface area contributed by atoms with Crippen molar-refractivity contribution < 1.29 is 4.79 Å². The number of benzene rings is 2. The third kappa shape index (κ3) is 4.07. The van der Waals surface area contributed by atoms with E-state index < -0.39 is 0 Å². The molecule has 1 heterocycles. The topological polar surface area (TPSA) is 35.6 Å². The summed E-state index contributed by atoms with van der Waals surface area (Å²) in [5.74, 6) is 0.155. The maximum Gasteiger partial charge on any atom is 0.234 e. The Balaban J connectivity index is 1.31. The zero-order valence-electron chi connectivity index (χ0n) is 17.1. The molecule has 0 radical (unpaired) electrons. The van der Waals surface area contributed by atoms with Gasteiger partial charge in [-0.05, 0) is 61.4 Å². The van der Waals surface area contributed by atoms with Gasteiger partial charge in [0.25, 0.3) is 0 Å². The van der Waals surface area contributed by atoms with Crippen molar-refractivity contribution in [3.05, 3.63) is 64.7 Å². The molecule has 2 aromatic rings. The highest BCUT2D eigenvalue weighted by molar-refractivity contribution is 5.78. The maximum absolute atomic E-state index is 12.7. The number of rotatable bonds is 4. The van der Waals surface area contributed by atoms with E-state index in [1.54, 1.807) is 0 Å². The molecule has 1 amide bonds. The molecule has 4 nitrogen and oxygen atoms in total. The van der Waals surface area contributed by atoms with Crippen LogP contribution in [0.5, 0.6) is 0 Å². The van der Waals surface area contributed by atoms with E-state index in [1.165, 1.54) is 27.9 Å². The van der Waals surface area contributed by atoms with E-state index in [-0.39, 0.29) is 11.9 Å². The van der Waals surface area contributed by atoms with E-state index in [9.17, 15) is 4.79 Å². The van der Waals surface area contributed by atoms with Crippen molar-refractivity contribution in [3.63, 3.8) is 0 Å². The number of nitrogens with zero attached hydrogens (tertiary/aromatic N) is 2. The lowest BCUT2D eigenvalue weighted by atomic mass is 9.88. The molecule has 1 atom stereocenters. The van der Waals surface area contributed by atoms with Crippen LogP contribution in [0.2, 0.25) is 0 Å². The first-order chi connectivity index (χ1) is 13.6. The van der Waals surface area contributed by atoms with E-state index >= 15 is 0 Å². The number of aryl methyl sites for hydroxylation is 2. The highest BCUT2D eigenvalue weighted by Gasteiger charge is 2.24. The number of hydrogen-bond donors (Lipinski definition) is 1. The molecule has 4 rings (SSSR count). The van der Waals surface area contributed by atoms with Crippen LogP contribution in [-0.2, 0) is 11.2 Å². The molecule has 148 valence electrons. The molecular formula is C24H31N3O. The predicted octanol–water partition coefficient (Wildman–Crippen LogP) is 3.62. The molecule has 0 bridgehead atoms. The van der Waals surface area contributed by atoms with Gasteiger partial charge in [0, 0.05) is 31.9 Å². The second-order valence-corrected chi connectivity index (χ2v) is 8.19. The van der Waals surface area contributed by atoms with Gasteiger partial charge in [0.1, 0.15) is 0 Å². The van der Waals surface area contributed by atoms with Crippen LogP contribution < -0.4 is 10.2 Å². The van der Waals surface area contributed by atoms with Gasteiger partial charge in [-0.1, -0.05) is 36.4 Å². The summed E-state index contributed by atoms with van der Waals surface area (Å²) in [5.41, 5.74) is 6.74. The van der Waals surface area contributed by atoms with Crippen LogP contribution in [0, 0.1) is 13.8 Å². The lowest BCUT2D eigenvalue weighted by Gasteiger charge is -2.37.